The molecule has 0 heterocycles. The lowest BCUT2D eigenvalue weighted by Crippen LogP contribution is -2.18. The first-order valence-corrected chi connectivity index (χ1v) is 6.36. The summed E-state index contributed by atoms with van der Waals surface area (Å²) in [5, 5.41) is 0. The molecule has 0 saturated carbocycles. The van der Waals surface area contributed by atoms with E-state index in [4.69, 9.17) is 9.47 Å². The van der Waals surface area contributed by atoms with E-state index in [0.717, 1.165) is 21.5 Å². The van der Waals surface area contributed by atoms with Gasteiger partial charge in [0.25, 0.3) is 0 Å². The maximum absolute atomic E-state index is 5.90. The van der Waals surface area contributed by atoms with Crippen molar-refractivity contribution in [3.05, 3.63) is 34.3 Å². The van der Waals surface area contributed by atoms with Crippen molar-refractivity contribution in [3.63, 3.8) is 0 Å². The monoisotopic (exact) mass is 298 g/mol. The van der Waals surface area contributed by atoms with Crippen molar-refractivity contribution < 1.29 is 9.47 Å². The smallest absolute Gasteiger partial charge is 0.133 e. The second kappa shape index (κ2) is 5.58. The summed E-state index contributed by atoms with van der Waals surface area (Å²) in [5.74, 6) is 1.67. The zero-order chi connectivity index (χ0) is 13.1. The van der Waals surface area contributed by atoms with Crippen LogP contribution in [-0.2, 0) is 4.74 Å². The molecule has 0 saturated heterocycles. The molecular weight excluding hydrogens is 280 g/mol. The number of ether oxygens (including phenoxy) is 2. The fourth-order valence-corrected chi connectivity index (χ4v) is 1.84. The third kappa shape index (κ3) is 4.08. The van der Waals surface area contributed by atoms with Crippen LogP contribution in [0.25, 0.3) is 5.76 Å². The van der Waals surface area contributed by atoms with Gasteiger partial charge in [-0.05, 0) is 67.9 Å². The zero-order valence-corrected chi connectivity index (χ0v) is 12.6. The maximum atomic E-state index is 5.90. The van der Waals surface area contributed by atoms with E-state index in [2.05, 4.69) is 15.9 Å². The Hall–Kier alpha value is -0.960. The van der Waals surface area contributed by atoms with Crippen LogP contribution in [0.5, 0.6) is 5.75 Å². The van der Waals surface area contributed by atoms with Crippen LogP contribution in [0.3, 0.4) is 0 Å². The summed E-state index contributed by atoms with van der Waals surface area (Å²) in [6.45, 7) is 8.07. The molecule has 0 spiro atoms. The highest BCUT2D eigenvalue weighted by Crippen LogP contribution is 2.30. The Kier molecular flexibility index (Phi) is 4.63. The Morgan fingerprint density at radius 2 is 1.94 bits per heavy atom. The molecule has 0 aliphatic rings. The molecule has 0 unspecified atom stereocenters. The fourth-order valence-electron chi connectivity index (χ4n) is 1.43. The molecule has 17 heavy (non-hydrogen) atoms. The third-order valence-electron chi connectivity index (χ3n) is 2.11. The molecule has 2 nitrogen and oxygen atoms in total. The Morgan fingerprint density at radius 3 is 2.41 bits per heavy atom. The highest BCUT2D eigenvalue weighted by Gasteiger charge is 2.15. The summed E-state index contributed by atoms with van der Waals surface area (Å²) in [5.41, 5.74) is 0.810. The van der Waals surface area contributed by atoms with E-state index >= 15 is 0 Å². The molecule has 0 aliphatic carbocycles. The number of hydrogen-bond acceptors (Lipinski definition) is 2. The minimum absolute atomic E-state index is 0.206. The molecule has 0 aromatic heterocycles. The van der Waals surface area contributed by atoms with Gasteiger partial charge >= 0.3 is 0 Å². The first-order valence-electron chi connectivity index (χ1n) is 5.56. The summed E-state index contributed by atoms with van der Waals surface area (Å²) in [7, 11) is 1.66. The number of halogens is 1. The number of allylic oxidation sites excluding steroid dienone is 1. The van der Waals surface area contributed by atoms with Crippen molar-refractivity contribution >= 4 is 21.7 Å². The predicted molar refractivity (Wildman–Crippen MR) is 75.2 cm³/mol. The molecule has 1 rings (SSSR count). The number of methoxy groups -OCH3 is 1. The molecule has 0 aliphatic heterocycles. The van der Waals surface area contributed by atoms with Gasteiger partial charge in [0.2, 0.25) is 0 Å². The van der Waals surface area contributed by atoms with Gasteiger partial charge in [-0.25, -0.2) is 0 Å². The van der Waals surface area contributed by atoms with E-state index in [1.165, 1.54) is 0 Å². The van der Waals surface area contributed by atoms with E-state index in [-0.39, 0.29) is 5.60 Å². The summed E-state index contributed by atoms with van der Waals surface area (Å²) in [6, 6.07) is 5.93. The predicted octanol–water partition coefficient (Wildman–Crippen LogP) is 4.63. The topological polar surface area (TPSA) is 18.5 Å². The number of benzene rings is 1. The van der Waals surface area contributed by atoms with Gasteiger partial charge in [-0.2, -0.15) is 0 Å². The lowest BCUT2D eigenvalue weighted by molar-refractivity contribution is 0.0968. The van der Waals surface area contributed by atoms with Crippen LogP contribution in [0.1, 0.15) is 33.3 Å². The summed E-state index contributed by atoms with van der Waals surface area (Å²) in [4.78, 5) is 0. The third-order valence-corrected chi connectivity index (χ3v) is 2.77. The van der Waals surface area contributed by atoms with E-state index in [1.807, 2.05) is 52.0 Å². The Labute approximate surface area is 112 Å². The normalized spacial score (nSPS) is 12.5. The molecule has 0 fully saturated rings. The average molecular weight is 299 g/mol. The molecule has 94 valence electrons. The molecule has 1 aromatic carbocycles. The van der Waals surface area contributed by atoms with Gasteiger partial charge in [-0.3, -0.25) is 0 Å². The van der Waals surface area contributed by atoms with Crippen molar-refractivity contribution in [1.29, 1.82) is 0 Å². The van der Waals surface area contributed by atoms with Crippen LogP contribution in [0, 0.1) is 0 Å². The van der Waals surface area contributed by atoms with Crippen LogP contribution in [0.2, 0.25) is 0 Å². The van der Waals surface area contributed by atoms with E-state index in [9.17, 15) is 0 Å². The van der Waals surface area contributed by atoms with E-state index < -0.39 is 0 Å². The fraction of sp³-hybridized carbons (Fsp3) is 0.429. The van der Waals surface area contributed by atoms with Crippen LogP contribution >= 0.6 is 15.9 Å². The van der Waals surface area contributed by atoms with Gasteiger partial charge in [0.1, 0.15) is 17.1 Å². The van der Waals surface area contributed by atoms with Gasteiger partial charge in [0.15, 0.2) is 0 Å². The quantitative estimate of drug-likeness (QED) is 0.757. The second-order valence-corrected chi connectivity index (χ2v) is 5.57. The molecule has 3 heteroatoms. The average Bonchev–Trinajstić information content (AvgIpc) is 2.25. The second-order valence-electron chi connectivity index (χ2n) is 4.72. The molecule has 1 aromatic rings. The lowest BCUT2D eigenvalue weighted by atomic mass is 10.1. The molecule has 0 radical (unpaired) electrons. The van der Waals surface area contributed by atoms with Crippen LogP contribution in [0.4, 0.5) is 0 Å². The van der Waals surface area contributed by atoms with Crippen molar-refractivity contribution in [2.45, 2.75) is 33.3 Å². The van der Waals surface area contributed by atoms with Crippen LogP contribution < -0.4 is 4.74 Å². The first kappa shape index (κ1) is 14.1. The number of hydrogen-bond donors (Lipinski definition) is 0. The van der Waals surface area contributed by atoms with Gasteiger partial charge < -0.3 is 9.47 Å². The van der Waals surface area contributed by atoms with Crippen molar-refractivity contribution in [2.75, 3.05) is 7.11 Å². The molecule has 0 atom stereocenters. The van der Waals surface area contributed by atoms with Gasteiger partial charge in [0.05, 0.1) is 11.6 Å². The van der Waals surface area contributed by atoms with Crippen molar-refractivity contribution in [2.24, 2.45) is 0 Å². The van der Waals surface area contributed by atoms with E-state index in [0.29, 0.717) is 0 Å². The highest BCUT2D eigenvalue weighted by atomic mass is 79.9. The molecule has 0 N–H and O–H groups in total. The van der Waals surface area contributed by atoms with Crippen molar-refractivity contribution in [3.8, 4) is 5.75 Å². The van der Waals surface area contributed by atoms with E-state index in [1.54, 1.807) is 7.11 Å². The summed E-state index contributed by atoms with van der Waals surface area (Å²) < 4.78 is 12.1. The molecule has 0 amide bonds. The lowest BCUT2D eigenvalue weighted by Gasteiger charge is -2.24. The van der Waals surface area contributed by atoms with Gasteiger partial charge in [0, 0.05) is 5.56 Å². The molecule has 0 bridgehead atoms. The summed E-state index contributed by atoms with van der Waals surface area (Å²) >= 11 is 3.44. The van der Waals surface area contributed by atoms with Crippen LogP contribution in [-0.4, -0.2) is 12.7 Å². The zero-order valence-electron chi connectivity index (χ0n) is 11.0. The highest BCUT2D eigenvalue weighted by molar-refractivity contribution is 9.10. The Bertz CT molecular complexity index is 417. The Morgan fingerprint density at radius 1 is 1.29 bits per heavy atom. The maximum Gasteiger partial charge on any atom is 0.133 e. The SMILES string of the molecule is CC=C(OC(C)(C)C)c1ccc(Br)c(OC)c1. The largest absolute Gasteiger partial charge is 0.496 e. The minimum atomic E-state index is -0.206. The number of rotatable bonds is 3. The summed E-state index contributed by atoms with van der Waals surface area (Å²) in [6.07, 6.45) is 1.97. The van der Waals surface area contributed by atoms with Crippen molar-refractivity contribution in [1.82, 2.24) is 0 Å². The minimum Gasteiger partial charge on any atom is -0.496 e. The van der Waals surface area contributed by atoms with Gasteiger partial charge in [-0.15, -0.1) is 0 Å². The Balaban J connectivity index is 3.06. The molecular formula is C14H19BrO2. The standard InChI is InChI=1S/C14H19BrO2/c1-6-12(17-14(2,3)4)10-7-8-11(15)13(9-10)16-5/h6-9H,1-5H3. The van der Waals surface area contributed by atoms with Crippen LogP contribution in [0.15, 0.2) is 28.7 Å². The van der Waals surface area contributed by atoms with Gasteiger partial charge in [-0.1, -0.05) is 0 Å². The first-order chi connectivity index (χ1) is 7.87.